The number of hydrogen-bond acceptors (Lipinski definition) is 4. The lowest BCUT2D eigenvalue weighted by atomic mass is 9.94. The molecule has 156 valence electrons. The molecule has 0 atom stereocenters. The van der Waals surface area contributed by atoms with Crippen LogP contribution in [0.4, 0.5) is 5.69 Å². The van der Waals surface area contributed by atoms with Gasteiger partial charge in [-0.3, -0.25) is 9.59 Å². The van der Waals surface area contributed by atoms with E-state index in [9.17, 15) is 14.4 Å². The van der Waals surface area contributed by atoms with Crippen LogP contribution in [0.3, 0.4) is 0 Å². The van der Waals surface area contributed by atoms with Gasteiger partial charge in [-0.05, 0) is 55.7 Å². The van der Waals surface area contributed by atoms with Gasteiger partial charge in [0.25, 0.3) is 11.8 Å². The summed E-state index contributed by atoms with van der Waals surface area (Å²) in [4.78, 5) is 39.8. The van der Waals surface area contributed by atoms with E-state index in [0.29, 0.717) is 35.5 Å². The topological polar surface area (TPSA) is 75.7 Å². The molecule has 0 bridgehead atoms. The van der Waals surface area contributed by atoms with E-state index in [1.54, 1.807) is 37.3 Å². The van der Waals surface area contributed by atoms with Gasteiger partial charge in [0.2, 0.25) is 0 Å². The van der Waals surface area contributed by atoms with Crippen LogP contribution < -0.4 is 5.32 Å². The van der Waals surface area contributed by atoms with Gasteiger partial charge < -0.3 is 15.0 Å². The summed E-state index contributed by atoms with van der Waals surface area (Å²) in [7, 11) is 0. The number of carbonyl (C=O) groups excluding carboxylic acids is 3. The predicted molar refractivity (Wildman–Crippen MR) is 114 cm³/mol. The zero-order valence-electron chi connectivity index (χ0n) is 17.1. The second kappa shape index (κ2) is 8.69. The van der Waals surface area contributed by atoms with Crippen LogP contribution in [0.25, 0.3) is 0 Å². The number of nitrogens with zero attached hydrogens (tertiary/aromatic N) is 1. The van der Waals surface area contributed by atoms with Gasteiger partial charge in [0.1, 0.15) is 0 Å². The summed E-state index contributed by atoms with van der Waals surface area (Å²) in [6.45, 7) is 2.64. The lowest BCUT2D eigenvalue weighted by Gasteiger charge is -2.30. The molecule has 0 spiro atoms. The average Bonchev–Trinajstić information content (AvgIpc) is 3.12. The second-order valence-corrected chi connectivity index (χ2v) is 7.82. The zero-order chi connectivity index (χ0) is 21.1. The Kier molecular flexibility index (Phi) is 5.84. The molecule has 30 heavy (non-hydrogen) atoms. The predicted octanol–water partition coefficient (Wildman–Crippen LogP) is 4.40. The van der Waals surface area contributed by atoms with Crippen molar-refractivity contribution in [1.82, 2.24) is 4.90 Å². The summed E-state index contributed by atoms with van der Waals surface area (Å²) < 4.78 is 4.97. The number of rotatable bonds is 5. The number of anilines is 1. The summed E-state index contributed by atoms with van der Waals surface area (Å²) >= 11 is 0. The van der Waals surface area contributed by atoms with Crippen LogP contribution in [0, 0.1) is 0 Å². The molecule has 2 aliphatic rings. The number of carbonyl (C=O) groups is 3. The maximum absolute atomic E-state index is 13.1. The Hall–Kier alpha value is -3.15. The molecule has 0 radical (unpaired) electrons. The minimum Gasteiger partial charge on any atom is -0.462 e. The van der Waals surface area contributed by atoms with Gasteiger partial charge in [0, 0.05) is 18.3 Å². The molecule has 6 heteroatoms. The Bertz CT molecular complexity index is 962. The van der Waals surface area contributed by atoms with Gasteiger partial charge in [-0.2, -0.15) is 0 Å². The first-order valence-corrected chi connectivity index (χ1v) is 10.6. The third kappa shape index (κ3) is 3.95. The number of hydrogen-bond donors (Lipinski definition) is 1. The molecule has 0 saturated heterocycles. The second-order valence-electron chi connectivity index (χ2n) is 7.82. The summed E-state index contributed by atoms with van der Waals surface area (Å²) in [5.74, 6) is -0.764. The Morgan fingerprint density at radius 1 is 1.07 bits per heavy atom. The van der Waals surface area contributed by atoms with E-state index >= 15 is 0 Å². The normalized spacial score (nSPS) is 16.3. The van der Waals surface area contributed by atoms with Crippen LogP contribution in [-0.2, 0) is 11.3 Å². The van der Waals surface area contributed by atoms with Gasteiger partial charge in [-0.1, -0.05) is 31.4 Å². The monoisotopic (exact) mass is 406 g/mol. The van der Waals surface area contributed by atoms with Gasteiger partial charge >= 0.3 is 5.97 Å². The fourth-order valence-electron chi connectivity index (χ4n) is 4.36. The van der Waals surface area contributed by atoms with Crippen molar-refractivity contribution in [2.45, 2.75) is 51.6 Å². The van der Waals surface area contributed by atoms with E-state index in [-0.39, 0.29) is 17.9 Å². The minimum atomic E-state index is -0.398. The number of amides is 2. The third-order valence-electron chi connectivity index (χ3n) is 5.88. The molecular weight excluding hydrogens is 380 g/mol. The van der Waals surface area contributed by atoms with Crippen molar-refractivity contribution in [1.29, 1.82) is 0 Å². The molecule has 0 aromatic heterocycles. The van der Waals surface area contributed by atoms with Crippen molar-refractivity contribution < 1.29 is 19.1 Å². The molecule has 4 rings (SSSR count). The van der Waals surface area contributed by atoms with Gasteiger partial charge in [-0.15, -0.1) is 0 Å². The Balaban J connectivity index is 1.51. The highest BCUT2D eigenvalue weighted by Crippen LogP contribution is 2.32. The van der Waals surface area contributed by atoms with Crippen molar-refractivity contribution in [2.24, 2.45) is 0 Å². The molecule has 2 aromatic carbocycles. The van der Waals surface area contributed by atoms with Crippen LogP contribution in [0.2, 0.25) is 0 Å². The molecule has 2 aromatic rings. The Morgan fingerprint density at radius 3 is 2.50 bits per heavy atom. The van der Waals surface area contributed by atoms with E-state index in [1.807, 2.05) is 17.0 Å². The number of benzene rings is 2. The Morgan fingerprint density at radius 2 is 1.80 bits per heavy atom. The summed E-state index contributed by atoms with van der Waals surface area (Å²) in [5, 5.41) is 2.84. The highest BCUT2D eigenvalue weighted by atomic mass is 16.5. The molecule has 1 aliphatic carbocycles. The van der Waals surface area contributed by atoms with Crippen molar-refractivity contribution in [3.05, 3.63) is 64.7 Å². The molecule has 1 saturated carbocycles. The third-order valence-corrected chi connectivity index (χ3v) is 5.88. The molecular formula is C24H26N2O4. The zero-order valence-corrected chi connectivity index (χ0v) is 17.1. The van der Waals surface area contributed by atoms with E-state index in [0.717, 1.165) is 31.2 Å². The van der Waals surface area contributed by atoms with Crippen LogP contribution in [0.5, 0.6) is 0 Å². The maximum atomic E-state index is 13.1. The number of esters is 1. The smallest absolute Gasteiger partial charge is 0.338 e. The molecule has 0 unspecified atom stereocenters. The van der Waals surface area contributed by atoms with Gasteiger partial charge in [-0.25, -0.2) is 4.79 Å². The minimum absolute atomic E-state index is 0.0414. The molecule has 1 fully saturated rings. The summed E-state index contributed by atoms with van der Waals surface area (Å²) in [6.07, 6.45) is 5.61. The largest absolute Gasteiger partial charge is 0.462 e. The van der Waals surface area contributed by atoms with Crippen molar-refractivity contribution in [3.63, 3.8) is 0 Å². The van der Waals surface area contributed by atoms with Crippen molar-refractivity contribution in [2.75, 3.05) is 11.9 Å². The molecule has 6 nitrogen and oxygen atoms in total. The first-order chi connectivity index (χ1) is 14.6. The van der Waals surface area contributed by atoms with Gasteiger partial charge in [0.15, 0.2) is 0 Å². The molecule has 1 heterocycles. The fraction of sp³-hybridized carbons (Fsp3) is 0.375. The highest BCUT2D eigenvalue weighted by molar-refractivity contribution is 6.13. The first kappa shape index (κ1) is 20.1. The summed E-state index contributed by atoms with van der Waals surface area (Å²) in [5.41, 5.74) is 2.80. The number of nitrogens with one attached hydrogen (secondary N) is 1. The maximum Gasteiger partial charge on any atom is 0.338 e. The molecule has 1 aliphatic heterocycles. The quantitative estimate of drug-likeness (QED) is 0.747. The fourth-order valence-corrected chi connectivity index (χ4v) is 4.36. The van der Waals surface area contributed by atoms with Gasteiger partial charge in [0.05, 0.1) is 23.3 Å². The van der Waals surface area contributed by atoms with Crippen LogP contribution >= 0.6 is 0 Å². The SMILES string of the molecule is CCOC(=O)c1ccc(NC(=O)c2cccc3c2C(=O)N(C2CCCCC2)C3)cc1. The van der Waals surface area contributed by atoms with E-state index in [4.69, 9.17) is 4.74 Å². The Labute approximate surface area is 176 Å². The highest BCUT2D eigenvalue weighted by Gasteiger charge is 2.36. The van der Waals surface area contributed by atoms with Crippen LogP contribution in [0.15, 0.2) is 42.5 Å². The summed E-state index contributed by atoms with van der Waals surface area (Å²) in [6, 6.07) is 12.3. The molecule has 1 N–H and O–H groups in total. The number of fused-ring (bicyclic) bond motifs is 1. The lowest BCUT2D eigenvalue weighted by Crippen LogP contribution is -2.37. The number of ether oxygens (including phenoxy) is 1. The van der Waals surface area contributed by atoms with E-state index in [1.165, 1.54) is 6.42 Å². The standard InChI is InChI=1S/C24H26N2O4/c1-2-30-24(29)16-11-13-18(14-12-16)25-22(27)20-10-6-7-17-15-26(23(28)21(17)20)19-8-4-3-5-9-19/h6-7,10-14,19H,2-5,8-9,15H2,1H3,(H,25,27). The van der Waals surface area contributed by atoms with Crippen molar-refractivity contribution >= 4 is 23.5 Å². The molecule has 2 amide bonds. The first-order valence-electron chi connectivity index (χ1n) is 10.6. The van der Waals surface area contributed by atoms with Crippen molar-refractivity contribution in [3.8, 4) is 0 Å². The van der Waals surface area contributed by atoms with Crippen LogP contribution in [0.1, 0.15) is 75.7 Å². The average molecular weight is 406 g/mol. The van der Waals surface area contributed by atoms with E-state index in [2.05, 4.69) is 5.32 Å². The lowest BCUT2D eigenvalue weighted by molar-refractivity contribution is 0.0526. The van der Waals surface area contributed by atoms with E-state index < -0.39 is 5.97 Å². The van der Waals surface area contributed by atoms with Crippen LogP contribution in [-0.4, -0.2) is 35.3 Å².